The highest BCUT2D eigenvalue weighted by atomic mass is 16.5. The minimum Gasteiger partial charge on any atom is -0.497 e. The molecule has 1 aliphatic heterocycles. The van der Waals surface area contributed by atoms with Gasteiger partial charge in [0.25, 0.3) is 0 Å². The lowest BCUT2D eigenvalue weighted by Gasteiger charge is -2.27. The van der Waals surface area contributed by atoms with E-state index in [0.29, 0.717) is 6.54 Å². The summed E-state index contributed by atoms with van der Waals surface area (Å²) in [6.45, 7) is 6.17. The average molecular weight is 401 g/mol. The van der Waals surface area contributed by atoms with Gasteiger partial charge in [-0.25, -0.2) is 0 Å². The highest BCUT2D eigenvalue weighted by Crippen LogP contribution is 2.17. The molecule has 1 atom stereocenters. The quantitative estimate of drug-likeness (QED) is 0.661. The van der Waals surface area contributed by atoms with Crippen LogP contribution in [0.3, 0.4) is 0 Å². The van der Waals surface area contributed by atoms with Crippen molar-refractivity contribution < 1.29 is 19.3 Å². The number of rotatable bonds is 10. The molecule has 0 aliphatic carbocycles. The molecule has 3 rings (SSSR count). The number of methoxy groups -OCH3 is 1. The van der Waals surface area contributed by atoms with Crippen molar-refractivity contribution in [3.63, 3.8) is 0 Å². The molecular formula is C23H32N2O4. The van der Waals surface area contributed by atoms with Crippen LogP contribution in [0, 0.1) is 0 Å². The van der Waals surface area contributed by atoms with E-state index in [9.17, 15) is 5.11 Å². The second kappa shape index (κ2) is 11.2. The molecule has 1 fully saturated rings. The number of likely N-dealkylation sites (N-methyl/N-ethyl adjacent to an activating group) is 1. The number of hydrogen-bond donors (Lipinski definition) is 1. The van der Waals surface area contributed by atoms with Crippen molar-refractivity contribution in [1.82, 2.24) is 9.80 Å². The van der Waals surface area contributed by atoms with E-state index in [-0.39, 0.29) is 6.61 Å². The summed E-state index contributed by atoms with van der Waals surface area (Å²) < 4.78 is 16.2. The Kier molecular flexibility index (Phi) is 8.31. The summed E-state index contributed by atoms with van der Waals surface area (Å²) in [5, 5.41) is 10.3. The van der Waals surface area contributed by atoms with E-state index in [1.807, 2.05) is 31.3 Å². The maximum atomic E-state index is 10.3. The topological polar surface area (TPSA) is 54.4 Å². The van der Waals surface area contributed by atoms with Crippen molar-refractivity contribution in [3.8, 4) is 11.5 Å². The molecule has 2 aromatic carbocycles. The van der Waals surface area contributed by atoms with Crippen LogP contribution in [0.25, 0.3) is 0 Å². The van der Waals surface area contributed by atoms with Crippen molar-refractivity contribution >= 4 is 0 Å². The van der Waals surface area contributed by atoms with Crippen LogP contribution in [0.1, 0.15) is 11.1 Å². The largest absolute Gasteiger partial charge is 0.497 e. The van der Waals surface area contributed by atoms with Gasteiger partial charge in [-0.3, -0.25) is 9.80 Å². The Morgan fingerprint density at radius 1 is 1.07 bits per heavy atom. The summed E-state index contributed by atoms with van der Waals surface area (Å²) in [7, 11) is 3.65. The molecule has 0 saturated carbocycles. The van der Waals surface area contributed by atoms with Gasteiger partial charge >= 0.3 is 0 Å². The first kappa shape index (κ1) is 21.6. The number of aliphatic hydroxyl groups excluding tert-OH is 1. The predicted molar refractivity (Wildman–Crippen MR) is 113 cm³/mol. The molecule has 1 heterocycles. The summed E-state index contributed by atoms with van der Waals surface area (Å²) >= 11 is 0. The fourth-order valence-corrected chi connectivity index (χ4v) is 3.50. The molecule has 158 valence electrons. The number of hydrogen-bond acceptors (Lipinski definition) is 6. The molecule has 0 aromatic heterocycles. The number of nitrogens with zero attached hydrogens (tertiary/aromatic N) is 2. The summed E-state index contributed by atoms with van der Waals surface area (Å²) in [6.07, 6.45) is -0.557. The Morgan fingerprint density at radius 3 is 2.48 bits per heavy atom. The number of aliphatic hydroxyl groups is 1. The maximum absolute atomic E-state index is 10.3. The van der Waals surface area contributed by atoms with E-state index in [4.69, 9.17) is 14.2 Å². The molecule has 1 N–H and O–H groups in total. The molecule has 0 amide bonds. The molecule has 1 saturated heterocycles. The summed E-state index contributed by atoms with van der Waals surface area (Å²) in [6, 6.07) is 16.1. The van der Waals surface area contributed by atoms with Crippen molar-refractivity contribution in [3.05, 3.63) is 59.7 Å². The summed E-state index contributed by atoms with van der Waals surface area (Å²) in [5.41, 5.74) is 2.57. The molecule has 0 spiro atoms. The van der Waals surface area contributed by atoms with E-state index in [0.717, 1.165) is 50.9 Å². The number of ether oxygens (including phenoxy) is 3. The zero-order valence-electron chi connectivity index (χ0n) is 17.4. The van der Waals surface area contributed by atoms with Crippen LogP contribution in [0.4, 0.5) is 0 Å². The van der Waals surface area contributed by atoms with E-state index >= 15 is 0 Å². The highest BCUT2D eigenvalue weighted by Gasteiger charge is 2.12. The van der Waals surface area contributed by atoms with E-state index in [2.05, 4.69) is 34.1 Å². The molecular weight excluding hydrogens is 368 g/mol. The van der Waals surface area contributed by atoms with E-state index in [1.165, 1.54) is 11.1 Å². The van der Waals surface area contributed by atoms with Crippen LogP contribution < -0.4 is 9.47 Å². The lowest BCUT2D eigenvalue weighted by atomic mass is 10.1. The van der Waals surface area contributed by atoms with Crippen molar-refractivity contribution in [1.29, 1.82) is 0 Å². The van der Waals surface area contributed by atoms with Gasteiger partial charge in [0.2, 0.25) is 0 Å². The molecule has 0 bridgehead atoms. The Bertz CT molecular complexity index is 732. The third kappa shape index (κ3) is 7.33. The van der Waals surface area contributed by atoms with Gasteiger partial charge in [-0.15, -0.1) is 0 Å². The van der Waals surface area contributed by atoms with Gasteiger partial charge < -0.3 is 19.3 Å². The fraction of sp³-hybridized carbons (Fsp3) is 0.478. The van der Waals surface area contributed by atoms with Crippen LogP contribution in [0.5, 0.6) is 11.5 Å². The first-order valence-corrected chi connectivity index (χ1v) is 10.1. The molecule has 6 nitrogen and oxygen atoms in total. The second-order valence-corrected chi connectivity index (χ2v) is 7.55. The van der Waals surface area contributed by atoms with Crippen molar-refractivity contribution in [2.24, 2.45) is 0 Å². The summed E-state index contributed by atoms with van der Waals surface area (Å²) in [4.78, 5) is 4.54. The lowest BCUT2D eigenvalue weighted by molar-refractivity contribution is 0.0342. The van der Waals surface area contributed by atoms with Gasteiger partial charge in [0.15, 0.2) is 0 Å². The number of benzene rings is 2. The van der Waals surface area contributed by atoms with Crippen LogP contribution >= 0.6 is 0 Å². The van der Waals surface area contributed by atoms with E-state index in [1.54, 1.807) is 7.11 Å². The van der Waals surface area contributed by atoms with E-state index < -0.39 is 6.10 Å². The molecule has 29 heavy (non-hydrogen) atoms. The molecule has 0 radical (unpaired) electrons. The first-order chi connectivity index (χ1) is 14.1. The smallest absolute Gasteiger partial charge is 0.119 e. The zero-order valence-corrected chi connectivity index (χ0v) is 17.4. The number of morpholine rings is 1. The normalized spacial score (nSPS) is 16.0. The van der Waals surface area contributed by atoms with Gasteiger partial charge in [-0.1, -0.05) is 24.3 Å². The van der Waals surface area contributed by atoms with Crippen LogP contribution in [-0.4, -0.2) is 74.6 Å². The average Bonchev–Trinajstić information content (AvgIpc) is 2.73. The Labute approximate surface area is 173 Å². The molecule has 2 aromatic rings. The minimum absolute atomic E-state index is 0.258. The highest BCUT2D eigenvalue weighted by molar-refractivity contribution is 5.31. The predicted octanol–water partition coefficient (Wildman–Crippen LogP) is 2.40. The Hall–Kier alpha value is -2.12. The Morgan fingerprint density at radius 2 is 1.76 bits per heavy atom. The van der Waals surface area contributed by atoms with Crippen LogP contribution in [0.15, 0.2) is 48.5 Å². The fourth-order valence-electron chi connectivity index (χ4n) is 3.50. The SMILES string of the molecule is COc1ccc(OC[C@@H](O)CN(C)Cc2cccc(CN3CCOCC3)c2)cc1. The Balaban J connectivity index is 1.43. The lowest BCUT2D eigenvalue weighted by Crippen LogP contribution is -2.35. The third-order valence-electron chi connectivity index (χ3n) is 4.98. The van der Waals surface area contributed by atoms with Crippen LogP contribution in [0.2, 0.25) is 0 Å². The second-order valence-electron chi connectivity index (χ2n) is 7.55. The standard InChI is InChI=1S/C23H32N2O4/c1-24(17-21(26)18-29-23-8-6-22(27-2)7-9-23)15-19-4-3-5-20(14-19)16-25-10-12-28-13-11-25/h3-9,14,21,26H,10-13,15-18H2,1-2H3/t21-/m0/s1. The van der Waals surface area contributed by atoms with Gasteiger partial charge in [-0.05, 0) is 42.4 Å². The first-order valence-electron chi connectivity index (χ1n) is 10.1. The zero-order chi connectivity index (χ0) is 20.5. The summed E-state index contributed by atoms with van der Waals surface area (Å²) in [5.74, 6) is 1.51. The monoisotopic (exact) mass is 400 g/mol. The molecule has 1 aliphatic rings. The molecule has 0 unspecified atom stereocenters. The van der Waals surface area contributed by atoms with Gasteiger partial charge in [0, 0.05) is 32.7 Å². The van der Waals surface area contributed by atoms with Crippen LogP contribution in [-0.2, 0) is 17.8 Å². The molecule has 6 heteroatoms. The minimum atomic E-state index is -0.557. The van der Waals surface area contributed by atoms with Crippen molar-refractivity contribution in [2.45, 2.75) is 19.2 Å². The van der Waals surface area contributed by atoms with Crippen molar-refractivity contribution in [2.75, 3.05) is 53.6 Å². The van der Waals surface area contributed by atoms with Gasteiger partial charge in [0.05, 0.1) is 20.3 Å². The van der Waals surface area contributed by atoms with Gasteiger partial charge in [-0.2, -0.15) is 0 Å². The van der Waals surface area contributed by atoms with Gasteiger partial charge in [0.1, 0.15) is 24.2 Å². The third-order valence-corrected chi connectivity index (χ3v) is 4.98. The maximum Gasteiger partial charge on any atom is 0.119 e.